The number of aryl methyl sites for hydroxylation is 1. The first-order valence-corrected chi connectivity index (χ1v) is 8.17. The third-order valence-corrected chi connectivity index (χ3v) is 5.42. The van der Waals surface area contributed by atoms with Crippen molar-refractivity contribution in [3.63, 3.8) is 0 Å². The Hall–Kier alpha value is -1.97. The minimum absolute atomic E-state index is 0.139. The van der Waals surface area contributed by atoms with Gasteiger partial charge in [0.1, 0.15) is 0 Å². The van der Waals surface area contributed by atoms with Crippen LogP contribution in [-0.2, 0) is 19.6 Å². The van der Waals surface area contributed by atoms with Crippen molar-refractivity contribution in [1.82, 2.24) is 14.6 Å². The van der Waals surface area contributed by atoms with Crippen LogP contribution in [0.4, 0.5) is 0 Å². The highest BCUT2D eigenvalue weighted by atomic mass is 32.2. The molecule has 0 spiro atoms. The predicted octanol–water partition coefficient (Wildman–Crippen LogP) is -1.18. The minimum Gasteiger partial charge on any atom is -0.332 e. The van der Waals surface area contributed by atoms with Crippen LogP contribution in [0.1, 0.15) is 5.56 Å². The van der Waals surface area contributed by atoms with Crippen molar-refractivity contribution in [2.24, 2.45) is 5.84 Å². The number of carbonyl (C=O) groups is 2. The van der Waals surface area contributed by atoms with Crippen LogP contribution in [0.25, 0.3) is 0 Å². The quantitative estimate of drug-likeness (QED) is 0.307. The summed E-state index contributed by atoms with van der Waals surface area (Å²) in [4.78, 5) is 24.3. The van der Waals surface area contributed by atoms with E-state index in [1.807, 2.05) is 6.92 Å². The summed E-state index contributed by atoms with van der Waals surface area (Å²) in [6.45, 7) is 2.46. The molecule has 2 amide bonds. The lowest BCUT2D eigenvalue weighted by Gasteiger charge is -2.33. The van der Waals surface area contributed by atoms with Gasteiger partial charge in [0, 0.05) is 26.2 Å². The number of benzene rings is 1. The van der Waals surface area contributed by atoms with Gasteiger partial charge >= 0.3 is 11.8 Å². The largest absolute Gasteiger partial charge is 0.332 e. The van der Waals surface area contributed by atoms with Gasteiger partial charge in [0.15, 0.2) is 0 Å². The Morgan fingerprint density at radius 1 is 1.09 bits per heavy atom. The van der Waals surface area contributed by atoms with Crippen molar-refractivity contribution >= 4 is 21.8 Å². The lowest BCUT2D eigenvalue weighted by atomic mass is 10.2. The minimum atomic E-state index is -3.58. The molecule has 0 unspecified atom stereocenters. The Morgan fingerprint density at radius 3 is 2.14 bits per heavy atom. The maximum Gasteiger partial charge on any atom is 0.323 e. The summed E-state index contributed by atoms with van der Waals surface area (Å²) in [5.41, 5.74) is 2.75. The predicted molar refractivity (Wildman–Crippen MR) is 78.8 cm³/mol. The maximum absolute atomic E-state index is 12.5. The monoisotopic (exact) mass is 326 g/mol. The summed E-state index contributed by atoms with van der Waals surface area (Å²) in [5, 5.41) is 0. The van der Waals surface area contributed by atoms with Crippen LogP contribution in [0.3, 0.4) is 0 Å². The molecule has 1 aliphatic rings. The number of nitrogens with zero attached hydrogens (tertiary/aromatic N) is 2. The fourth-order valence-corrected chi connectivity index (χ4v) is 3.62. The molecule has 0 aromatic heterocycles. The molecule has 1 heterocycles. The van der Waals surface area contributed by atoms with E-state index in [4.69, 9.17) is 5.84 Å². The van der Waals surface area contributed by atoms with Gasteiger partial charge in [0.05, 0.1) is 4.90 Å². The number of hydrazine groups is 1. The first kappa shape index (κ1) is 16.4. The molecule has 2 rings (SSSR count). The fourth-order valence-electron chi connectivity index (χ4n) is 2.20. The zero-order chi connectivity index (χ0) is 16.3. The zero-order valence-corrected chi connectivity index (χ0v) is 13.0. The standard InChI is InChI=1S/C13H18N4O4S/c1-10-2-4-11(5-3-10)22(20,21)17-8-6-16(7-9-17)13(19)12(18)15-14/h2-5H,6-9,14H2,1H3,(H,15,18). The average molecular weight is 326 g/mol. The molecule has 0 bridgehead atoms. The lowest BCUT2D eigenvalue weighted by molar-refractivity contribution is -0.146. The van der Waals surface area contributed by atoms with E-state index in [9.17, 15) is 18.0 Å². The number of piperazine rings is 1. The summed E-state index contributed by atoms with van der Waals surface area (Å²) in [7, 11) is -3.58. The van der Waals surface area contributed by atoms with Crippen molar-refractivity contribution in [2.45, 2.75) is 11.8 Å². The SMILES string of the molecule is Cc1ccc(S(=O)(=O)N2CCN(C(=O)C(=O)NN)CC2)cc1. The van der Waals surface area contributed by atoms with E-state index in [0.717, 1.165) is 5.56 Å². The van der Waals surface area contributed by atoms with E-state index in [0.29, 0.717) is 0 Å². The molecule has 1 saturated heterocycles. The number of hydrogen-bond donors (Lipinski definition) is 2. The molecule has 1 aliphatic heterocycles. The lowest BCUT2D eigenvalue weighted by Crippen LogP contribution is -2.54. The van der Waals surface area contributed by atoms with Gasteiger partial charge in [-0.2, -0.15) is 4.31 Å². The van der Waals surface area contributed by atoms with Gasteiger partial charge in [-0.25, -0.2) is 14.3 Å². The average Bonchev–Trinajstić information content (AvgIpc) is 2.54. The van der Waals surface area contributed by atoms with Gasteiger partial charge in [-0.15, -0.1) is 0 Å². The number of nitrogens with one attached hydrogen (secondary N) is 1. The molecule has 0 saturated carbocycles. The van der Waals surface area contributed by atoms with E-state index in [-0.39, 0.29) is 31.1 Å². The van der Waals surface area contributed by atoms with E-state index in [1.165, 1.54) is 9.21 Å². The summed E-state index contributed by atoms with van der Waals surface area (Å²) < 4.78 is 26.3. The summed E-state index contributed by atoms with van der Waals surface area (Å²) >= 11 is 0. The van der Waals surface area contributed by atoms with Gasteiger partial charge in [-0.3, -0.25) is 15.0 Å². The van der Waals surface area contributed by atoms with Crippen LogP contribution in [0.5, 0.6) is 0 Å². The maximum atomic E-state index is 12.5. The third kappa shape index (κ3) is 3.26. The van der Waals surface area contributed by atoms with Crippen LogP contribution in [0.15, 0.2) is 29.2 Å². The summed E-state index contributed by atoms with van der Waals surface area (Å²) in [6, 6.07) is 6.59. The van der Waals surface area contributed by atoms with Gasteiger partial charge in [-0.1, -0.05) is 17.7 Å². The number of hydrogen-bond acceptors (Lipinski definition) is 5. The highest BCUT2D eigenvalue weighted by molar-refractivity contribution is 7.89. The fraction of sp³-hybridized carbons (Fsp3) is 0.385. The Morgan fingerprint density at radius 2 is 1.64 bits per heavy atom. The molecule has 1 fully saturated rings. The van der Waals surface area contributed by atoms with Crippen molar-refractivity contribution in [2.75, 3.05) is 26.2 Å². The van der Waals surface area contributed by atoms with E-state index >= 15 is 0 Å². The molecule has 9 heteroatoms. The summed E-state index contributed by atoms with van der Waals surface area (Å²) in [5.74, 6) is 3.25. The van der Waals surface area contributed by atoms with Crippen molar-refractivity contribution < 1.29 is 18.0 Å². The Kier molecular flexibility index (Phi) is 4.79. The second-order valence-corrected chi connectivity index (χ2v) is 6.92. The highest BCUT2D eigenvalue weighted by Crippen LogP contribution is 2.18. The summed E-state index contributed by atoms with van der Waals surface area (Å²) in [6.07, 6.45) is 0. The Labute approximate surface area is 128 Å². The molecule has 120 valence electrons. The number of carbonyl (C=O) groups excluding carboxylic acids is 2. The van der Waals surface area contributed by atoms with E-state index < -0.39 is 21.8 Å². The molecule has 1 aromatic rings. The molecule has 3 N–H and O–H groups in total. The Balaban J connectivity index is 2.06. The van der Waals surface area contributed by atoms with Crippen molar-refractivity contribution in [1.29, 1.82) is 0 Å². The van der Waals surface area contributed by atoms with E-state index in [2.05, 4.69) is 0 Å². The first-order valence-electron chi connectivity index (χ1n) is 6.73. The molecule has 22 heavy (non-hydrogen) atoms. The molecule has 0 aliphatic carbocycles. The molecule has 8 nitrogen and oxygen atoms in total. The molecule has 0 radical (unpaired) electrons. The van der Waals surface area contributed by atoms with E-state index in [1.54, 1.807) is 29.7 Å². The smallest absolute Gasteiger partial charge is 0.323 e. The first-order chi connectivity index (χ1) is 10.4. The zero-order valence-electron chi connectivity index (χ0n) is 12.2. The number of sulfonamides is 1. The van der Waals surface area contributed by atoms with Crippen LogP contribution >= 0.6 is 0 Å². The topological polar surface area (TPSA) is 113 Å². The van der Waals surface area contributed by atoms with Crippen molar-refractivity contribution in [3.05, 3.63) is 29.8 Å². The number of nitrogens with two attached hydrogens (primary N) is 1. The second-order valence-electron chi connectivity index (χ2n) is 4.98. The second kappa shape index (κ2) is 6.42. The van der Waals surface area contributed by atoms with Gasteiger partial charge in [0.2, 0.25) is 10.0 Å². The van der Waals surface area contributed by atoms with Gasteiger partial charge < -0.3 is 4.90 Å². The normalized spacial score (nSPS) is 16.4. The van der Waals surface area contributed by atoms with Crippen LogP contribution in [-0.4, -0.2) is 55.6 Å². The molecule has 1 aromatic carbocycles. The Bertz CT molecular complexity index is 664. The third-order valence-electron chi connectivity index (χ3n) is 3.51. The molecule has 0 atom stereocenters. The number of rotatable bonds is 2. The van der Waals surface area contributed by atoms with Crippen molar-refractivity contribution in [3.8, 4) is 0 Å². The highest BCUT2D eigenvalue weighted by Gasteiger charge is 2.31. The number of amides is 2. The van der Waals surface area contributed by atoms with Crippen LogP contribution in [0, 0.1) is 6.92 Å². The molecular formula is C13H18N4O4S. The molecular weight excluding hydrogens is 308 g/mol. The van der Waals surface area contributed by atoms with Gasteiger partial charge in [0.25, 0.3) is 0 Å². The van der Waals surface area contributed by atoms with Crippen LogP contribution < -0.4 is 11.3 Å². The van der Waals surface area contributed by atoms with Crippen LogP contribution in [0.2, 0.25) is 0 Å². The van der Waals surface area contributed by atoms with Gasteiger partial charge in [-0.05, 0) is 19.1 Å².